The molecule has 0 unspecified atom stereocenters. The lowest BCUT2D eigenvalue weighted by atomic mass is 10.1. The first-order valence-electron chi connectivity index (χ1n) is 9.06. The van der Waals surface area contributed by atoms with Crippen molar-refractivity contribution in [1.82, 2.24) is 15.2 Å². The van der Waals surface area contributed by atoms with Gasteiger partial charge in [-0.3, -0.25) is 9.59 Å². The quantitative estimate of drug-likeness (QED) is 0.519. The summed E-state index contributed by atoms with van der Waals surface area (Å²) >= 11 is 6.05. The molecule has 1 amide bonds. The maximum Gasteiger partial charge on any atom is 0.292 e. The zero-order valence-electron chi connectivity index (χ0n) is 15.9. The van der Waals surface area contributed by atoms with Gasteiger partial charge in [0.15, 0.2) is 5.69 Å². The van der Waals surface area contributed by atoms with Crippen molar-refractivity contribution in [2.45, 2.75) is 33.2 Å². The van der Waals surface area contributed by atoms with Gasteiger partial charge in [-0.1, -0.05) is 48.9 Å². The van der Waals surface area contributed by atoms with Gasteiger partial charge in [-0.25, -0.2) is 10.1 Å². The number of nitrogens with one attached hydrogen (secondary N) is 1. The number of carbonyl (C=O) groups is 1. The van der Waals surface area contributed by atoms with Crippen LogP contribution < -0.4 is 11.0 Å². The van der Waals surface area contributed by atoms with Gasteiger partial charge < -0.3 is 0 Å². The smallest absolute Gasteiger partial charge is 0.267 e. The van der Waals surface area contributed by atoms with E-state index < -0.39 is 5.91 Å². The summed E-state index contributed by atoms with van der Waals surface area (Å²) in [6.45, 7) is 5.63. The third-order valence-electron chi connectivity index (χ3n) is 4.32. The number of amides is 1. The van der Waals surface area contributed by atoms with E-state index in [2.05, 4.69) is 15.6 Å². The monoisotopic (exact) mass is 396 g/mol. The van der Waals surface area contributed by atoms with Gasteiger partial charge in [-0.2, -0.15) is 10.2 Å². The van der Waals surface area contributed by atoms with Crippen molar-refractivity contribution in [3.8, 4) is 0 Å². The van der Waals surface area contributed by atoms with Crippen LogP contribution in [0, 0.1) is 0 Å². The number of halogens is 1. The molecule has 0 saturated carbocycles. The number of fused-ring (bicyclic) bond motifs is 1. The second kappa shape index (κ2) is 8.35. The number of hydrogen-bond acceptors (Lipinski definition) is 4. The largest absolute Gasteiger partial charge is 0.292 e. The number of nitrogens with zero attached hydrogens (tertiary/aromatic N) is 3. The lowest BCUT2D eigenvalue weighted by molar-refractivity contribution is 0.0949. The molecule has 2 aromatic carbocycles. The predicted molar refractivity (Wildman–Crippen MR) is 112 cm³/mol. The SMILES string of the molecule is CC/C(=N\NC(=O)c1nn(C(C)C)c(=O)c2ccccc12)c1cccc(Cl)c1. The topological polar surface area (TPSA) is 76.3 Å². The summed E-state index contributed by atoms with van der Waals surface area (Å²) in [7, 11) is 0. The zero-order valence-corrected chi connectivity index (χ0v) is 16.7. The van der Waals surface area contributed by atoms with Crippen molar-refractivity contribution < 1.29 is 4.79 Å². The van der Waals surface area contributed by atoms with E-state index >= 15 is 0 Å². The van der Waals surface area contributed by atoms with Crippen molar-refractivity contribution >= 4 is 34.0 Å². The Labute approximate surface area is 167 Å². The fourth-order valence-corrected chi connectivity index (χ4v) is 3.10. The fraction of sp³-hybridized carbons (Fsp3) is 0.238. The van der Waals surface area contributed by atoms with E-state index in [0.29, 0.717) is 27.9 Å². The first-order chi connectivity index (χ1) is 13.4. The average molecular weight is 397 g/mol. The van der Waals surface area contributed by atoms with Gasteiger partial charge in [-0.05, 0) is 44.0 Å². The van der Waals surface area contributed by atoms with Gasteiger partial charge in [0.1, 0.15) is 0 Å². The molecule has 0 bridgehead atoms. The molecule has 0 radical (unpaired) electrons. The molecule has 3 aromatic rings. The highest BCUT2D eigenvalue weighted by Crippen LogP contribution is 2.16. The molecular weight excluding hydrogens is 376 g/mol. The Morgan fingerprint density at radius 1 is 1.18 bits per heavy atom. The number of carbonyl (C=O) groups excluding carboxylic acids is 1. The van der Waals surface area contributed by atoms with E-state index in [0.717, 1.165) is 5.56 Å². The van der Waals surface area contributed by atoms with Crippen LogP contribution in [0.2, 0.25) is 5.02 Å². The molecule has 0 spiro atoms. The van der Waals surface area contributed by atoms with Crippen LogP contribution in [-0.2, 0) is 0 Å². The Morgan fingerprint density at radius 3 is 2.54 bits per heavy atom. The van der Waals surface area contributed by atoms with Gasteiger partial charge in [0.05, 0.1) is 17.1 Å². The van der Waals surface area contributed by atoms with Crippen LogP contribution in [0.5, 0.6) is 0 Å². The molecule has 28 heavy (non-hydrogen) atoms. The Kier molecular flexibility index (Phi) is 5.90. The summed E-state index contributed by atoms with van der Waals surface area (Å²) in [6, 6.07) is 14.1. The molecular formula is C21H21ClN4O2. The summed E-state index contributed by atoms with van der Waals surface area (Å²) in [5.74, 6) is -0.474. The third-order valence-corrected chi connectivity index (χ3v) is 4.55. The van der Waals surface area contributed by atoms with Crippen LogP contribution in [0.25, 0.3) is 10.8 Å². The van der Waals surface area contributed by atoms with E-state index in [1.165, 1.54) is 4.68 Å². The molecule has 0 atom stereocenters. The van der Waals surface area contributed by atoms with Crippen molar-refractivity contribution in [2.24, 2.45) is 5.10 Å². The third kappa shape index (κ3) is 3.97. The molecule has 6 nitrogen and oxygen atoms in total. The van der Waals surface area contributed by atoms with Crippen LogP contribution in [0.15, 0.2) is 58.4 Å². The average Bonchev–Trinajstić information content (AvgIpc) is 2.68. The minimum atomic E-state index is -0.474. The number of aromatic nitrogens is 2. The van der Waals surface area contributed by atoms with Crippen molar-refractivity contribution in [1.29, 1.82) is 0 Å². The van der Waals surface area contributed by atoms with Crippen molar-refractivity contribution in [2.75, 3.05) is 0 Å². The van der Waals surface area contributed by atoms with E-state index in [-0.39, 0.29) is 17.3 Å². The highest BCUT2D eigenvalue weighted by molar-refractivity contribution is 6.31. The van der Waals surface area contributed by atoms with E-state index in [4.69, 9.17) is 11.6 Å². The van der Waals surface area contributed by atoms with Gasteiger partial charge in [0, 0.05) is 10.4 Å². The molecule has 7 heteroatoms. The zero-order chi connectivity index (χ0) is 20.3. The second-order valence-electron chi connectivity index (χ2n) is 6.60. The predicted octanol–water partition coefficient (Wildman–Crippen LogP) is 4.17. The van der Waals surface area contributed by atoms with Crippen LogP contribution in [-0.4, -0.2) is 21.4 Å². The lowest BCUT2D eigenvalue weighted by Gasteiger charge is -2.13. The van der Waals surface area contributed by atoms with Gasteiger partial charge in [0.25, 0.3) is 11.5 Å². The molecule has 0 aliphatic carbocycles. The lowest BCUT2D eigenvalue weighted by Crippen LogP contribution is -2.30. The highest BCUT2D eigenvalue weighted by atomic mass is 35.5. The molecule has 1 heterocycles. The maximum absolute atomic E-state index is 12.8. The summed E-state index contributed by atoms with van der Waals surface area (Å²) in [4.78, 5) is 25.4. The van der Waals surface area contributed by atoms with E-state index in [9.17, 15) is 9.59 Å². The normalized spacial score (nSPS) is 11.8. The molecule has 3 rings (SSSR count). The molecule has 1 N–H and O–H groups in total. The van der Waals surface area contributed by atoms with Crippen molar-refractivity contribution in [3.63, 3.8) is 0 Å². The Morgan fingerprint density at radius 2 is 1.89 bits per heavy atom. The molecule has 0 fully saturated rings. The Hall–Kier alpha value is -2.99. The minimum absolute atomic E-state index is 0.161. The number of rotatable bonds is 5. The first kappa shape index (κ1) is 19.8. The van der Waals surface area contributed by atoms with Gasteiger partial charge in [0.2, 0.25) is 0 Å². The van der Waals surface area contributed by atoms with Gasteiger partial charge in [-0.15, -0.1) is 0 Å². The maximum atomic E-state index is 12.8. The molecule has 0 aliphatic rings. The summed E-state index contributed by atoms with van der Waals surface area (Å²) in [5.41, 5.74) is 4.04. The van der Waals surface area contributed by atoms with Crippen LogP contribution >= 0.6 is 11.6 Å². The highest BCUT2D eigenvalue weighted by Gasteiger charge is 2.17. The van der Waals surface area contributed by atoms with Gasteiger partial charge >= 0.3 is 0 Å². The fourth-order valence-electron chi connectivity index (χ4n) is 2.91. The minimum Gasteiger partial charge on any atom is -0.267 e. The first-order valence-corrected chi connectivity index (χ1v) is 9.44. The van der Waals surface area contributed by atoms with Crippen LogP contribution in [0.3, 0.4) is 0 Å². The summed E-state index contributed by atoms with van der Waals surface area (Å²) in [5, 5.41) is 10.1. The van der Waals surface area contributed by atoms with Crippen LogP contribution in [0.4, 0.5) is 0 Å². The standard InChI is InChI=1S/C21H21ClN4O2/c1-4-18(14-8-7-9-15(22)12-14)23-24-20(27)19-16-10-5-6-11-17(16)21(28)26(25-19)13(2)3/h5-13H,4H2,1-3H3,(H,24,27)/b23-18+. The molecule has 144 valence electrons. The summed E-state index contributed by atoms with van der Waals surface area (Å²) < 4.78 is 1.32. The molecule has 0 aliphatic heterocycles. The summed E-state index contributed by atoms with van der Waals surface area (Å²) in [6.07, 6.45) is 0.611. The molecule has 1 aromatic heterocycles. The molecule has 0 saturated heterocycles. The number of hydrogen-bond donors (Lipinski definition) is 1. The van der Waals surface area contributed by atoms with Crippen LogP contribution in [0.1, 0.15) is 49.3 Å². The van der Waals surface area contributed by atoms with Crippen molar-refractivity contribution in [3.05, 3.63) is 75.2 Å². The second-order valence-corrected chi connectivity index (χ2v) is 7.04. The number of hydrazone groups is 1. The van der Waals surface area contributed by atoms with E-state index in [1.807, 2.05) is 32.9 Å². The number of benzene rings is 2. The Bertz CT molecular complexity index is 1120. The van der Waals surface area contributed by atoms with E-state index in [1.54, 1.807) is 36.4 Å². The Balaban J connectivity index is 2.01.